The van der Waals surface area contributed by atoms with Crippen molar-refractivity contribution < 1.29 is 23.8 Å². The van der Waals surface area contributed by atoms with Crippen molar-refractivity contribution in [3.63, 3.8) is 0 Å². The second-order valence-corrected chi connectivity index (χ2v) is 9.62. The molecule has 0 aliphatic heterocycles. The molecule has 0 radical (unpaired) electrons. The fourth-order valence-electron chi connectivity index (χ4n) is 3.53. The number of methoxy groups -OCH3 is 1. The third kappa shape index (κ3) is 5.51. The third-order valence-electron chi connectivity index (χ3n) is 5.26. The lowest BCUT2D eigenvalue weighted by molar-refractivity contribution is -0.144. The van der Waals surface area contributed by atoms with E-state index in [9.17, 15) is 14.7 Å². The van der Waals surface area contributed by atoms with Crippen molar-refractivity contribution in [3.05, 3.63) is 52.6 Å². The summed E-state index contributed by atoms with van der Waals surface area (Å²) in [6, 6.07) is 7.76. The smallest absolute Gasteiger partial charge is 0.325 e. The summed E-state index contributed by atoms with van der Waals surface area (Å²) in [7, 11) is 1.25. The maximum Gasteiger partial charge on any atom is 0.325 e. The van der Waals surface area contributed by atoms with Gasteiger partial charge in [-0.3, -0.25) is 20.4 Å². The first-order valence-electron chi connectivity index (χ1n) is 11.0. The summed E-state index contributed by atoms with van der Waals surface area (Å²) in [5.41, 5.74) is 2.46. The lowest BCUT2D eigenvalue weighted by Crippen LogP contribution is -2.39. The molecule has 1 aromatic carbocycles. The second-order valence-electron chi connectivity index (χ2n) is 7.62. The number of hydrogen-bond donors (Lipinski definition) is 4. The molecule has 0 saturated carbocycles. The van der Waals surface area contributed by atoms with Gasteiger partial charge >= 0.3 is 12.0 Å². The summed E-state index contributed by atoms with van der Waals surface area (Å²) in [6.07, 6.45) is 1.66. The Bertz CT molecular complexity index is 1380. The molecule has 188 valence electrons. The molecule has 0 aliphatic rings. The molecule has 3 heterocycles. The summed E-state index contributed by atoms with van der Waals surface area (Å²) in [5, 5.41) is 19.7. The van der Waals surface area contributed by atoms with Gasteiger partial charge in [-0.1, -0.05) is 17.4 Å². The Morgan fingerprint density at radius 2 is 2.08 bits per heavy atom. The number of carbonyl (C=O) groups excluding carboxylic acids is 2. The molecule has 0 saturated heterocycles. The third-order valence-corrected chi connectivity index (χ3v) is 7.20. The quantitative estimate of drug-likeness (QED) is 0.242. The molecular weight excluding hydrogens is 505 g/mol. The number of halogens is 1. The van der Waals surface area contributed by atoms with Crippen molar-refractivity contribution in [2.24, 2.45) is 0 Å². The normalized spacial score (nSPS) is 11.9. The van der Waals surface area contributed by atoms with Gasteiger partial charge in [0, 0.05) is 35.3 Å². The molecule has 4 N–H and O–H groups in total. The zero-order valence-corrected chi connectivity index (χ0v) is 21.1. The van der Waals surface area contributed by atoms with Gasteiger partial charge in [0.25, 0.3) is 0 Å². The maximum atomic E-state index is 15.8. The van der Waals surface area contributed by atoms with E-state index in [1.807, 2.05) is 23.6 Å². The SMILES string of the molecule is CCNC(=O)Nc1nc2c(F)c(-c3csc(CN[C@@H](CO)C(=O)OC)c3)cc(-c3ccccn3)c2s1. The number of nitrogens with zero attached hydrogens (tertiary/aromatic N) is 2. The molecule has 3 aromatic heterocycles. The Balaban J connectivity index is 1.72. The number of aromatic nitrogens is 2. The van der Waals surface area contributed by atoms with E-state index >= 15 is 4.39 Å². The molecule has 1 atom stereocenters. The van der Waals surface area contributed by atoms with E-state index in [4.69, 9.17) is 0 Å². The Morgan fingerprint density at radius 3 is 2.78 bits per heavy atom. The van der Waals surface area contributed by atoms with Crippen LogP contribution in [-0.2, 0) is 16.1 Å². The summed E-state index contributed by atoms with van der Waals surface area (Å²) < 4.78 is 21.0. The summed E-state index contributed by atoms with van der Waals surface area (Å²) in [5.74, 6) is -1.07. The predicted octanol–water partition coefficient (Wildman–Crippen LogP) is 3.99. The molecule has 4 aromatic rings. The average molecular weight is 530 g/mol. The van der Waals surface area contributed by atoms with Crippen LogP contribution in [0.1, 0.15) is 11.8 Å². The van der Waals surface area contributed by atoms with Crippen LogP contribution in [0.15, 0.2) is 41.9 Å². The van der Waals surface area contributed by atoms with Gasteiger partial charge in [0.05, 0.1) is 24.1 Å². The largest absolute Gasteiger partial charge is 0.468 e. The van der Waals surface area contributed by atoms with E-state index in [2.05, 4.69) is 30.7 Å². The lowest BCUT2D eigenvalue weighted by atomic mass is 10.0. The lowest BCUT2D eigenvalue weighted by Gasteiger charge is -2.12. The number of hydrogen-bond acceptors (Lipinski definition) is 9. The number of thiophene rings is 1. The van der Waals surface area contributed by atoms with Crippen LogP contribution in [0.4, 0.5) is 14.3 Å². The number of ether oxygens (including phenoxy) is 1. The van der Waals surface area contributed by atoms with Crippen LogP contribution in [0.25, 0.3) is 32.6 Å². The first-order chi connectivity index (χ1) is 17.4. The van der Waals surface area contributed by atoms with Crippen LogP contribution >= 0.6 is 22.7 Å². The molecule has 12 heteroatoms. The summed E-state index contributed by atoms with van der Waals surface area (Å²) >= 11 is 2.57. The number of pyridine rings is 1. The molecule has 9 nitrogen and oxygen atoms in total. The molecule has 0 aliphatic carbocycles. The van der Waals surface area contributed by atoms with E-state index < -0.39 is 30.5 Å². The number of aliphatic hydroxyl groups is 1. The van der Waals surface area contributed by atoms with Crippen LogP contribution in [-0.4, -0.2) is 53.4 Å². The topological polar surface area (TPSA) is 125 Å². The minimum Gasteiger partial charge on any atom is -0.468 e. The molecule has 4 rings (SSSR count). The summed E-state index contributed by atoms with van der Waals surface area (Å²) in [6.45, 7) is 2.13. The first-order valence-corrected chi connectivity index (χ1v) is 12.7. The molecule has 0 spiro atoms. The standard InChI is InChI=1S/C24H24FN5O4S2/c1-3-26-23(33)30-24-29-20-19(25)15(9-16(21(20)36-24)17-6-4-5-7-27-17)13-8-14(35-12-13)10-28-18(11-31)22(32)34-2/h4-9,12,18,28,31H,3,10-11H2,1-2H3,(H2,26,29,30,33)/t18-/m0/s1. The van der Waals surface area contributed by atoms with Crippen molar-refractivity contribution >= 4 is 50.0 Å². The number of aliphatic hydroxyl groups excluding tert-OH is 1. The van der Waals surface area contributed by atoms with Crippen LogP contribution in [0.2, 0.25) is 0 Å². The van der Waals surface area contributed by atoms with Crippen molar-refractivity contribution in [1.29, 1.82) is 0 Å². The van der Waals surface area contributed by atoms with Crippen molar-refractivity contribution in [2.45, 2.75) is 19.5 Å². The van der Waals surface area contributed by atoms with E-state index in [0.717, 1.165) is 4.88 Å². The zero-order chi connectivity index (χ0) is 25.7. The molecule has 36 heavy (non-hydrogen) atoms. The Labute approximate surface area is 214 Å². The highest BCUT2D eigenvalue weighted by Crippen LogP contribution is 2.41. The second kappa shape index (κ2) is 11.5. The number of benzene rings is 1. The monoisotopic (exact) mass is 529 g/mol. The molecule has 0 unspecified atom stereocenters. The minimum absolute atomic E-state index is 0.141. The maximum absolute atomic E-state index is 15.8. The number of esters is 1. The number of carbonyl (C=O) groups is 2. The highest BCUT2D eigenvalue weighted by molar-refractivity contribution is 7.22. The van der Waals surface area contributed by atoms with E-state index in [1.165, 1.54) is 29.8 Å². The molecule has 0 fully saturated rings. The number of urea groups is 1. The molecule has 0 bridgehead atoms. The van der Waals surface area contributed by atoms with Crippen LogP contribution in [0.3, 0.4) is 0 Å². The first kappa shape index (κ1) is 25.6. The fourth-order valence-corrected chi connectivity index (χ4v) is 5.35. The Kier molecular flexibility index (Phi) is 8.21. The van der Waals surface area contributed by atoms with E-state index in [1.54, 1.807) is 25.3 Å². The van der Waals surface area contributed by atoms with Crippen LogP contribution < -0.4 is 16.0 Å². The summed E-state index contributed by atoms with van der Waals surface area (Å²) in [4.78, 5) is 33.3. The van der Waals surface area contributed by atoms with Gasteiger partial charge in [-0.15, -0.1) is 11.3 Å². The highest BCUT2D eigenvalue weighted by atomic mass is 32.1. The minimum atomic E-state index is -0.852. The Hall–Kier alpha value is -3.45. The number of amides is 2. The van der Waals surface area contributed by atoms with Gasteiger partial charge in [0.15, 0.2) is 10.9 Å². The number of thiazole rings is 1. The van der Waals surface area contributed by atoms with Gasteiger partial charge in [0.2, 0.25) is 0 Å². The van der Waals surface area contributed by atoms with Gasteiger partial charge < -0.3 is 15.2 Å². The average Bonchev–Trinajstić information content (AvgIpc) is 3.53. The number of nitrogens with one attached hydrogen (secondary N) is 3. The van der Waals surface area contributed by atoms with Crippen LogP contribution in [0, 0.1) is 5.82 Å². The zero-order valence-electron chi connectivity index (χ0n) is 19.5. The predicted molar refractivity (Wildman–Crippen MR) is 139 cm³/mol. The van der Waals surface area contributed by atoms with Gasteiger partial charge in [0.1, 0.15) is 11.6 Å². The highest BCUT2D eigenvalue weighted by Gasteiger charge is 2.22. The van der Waals surface area contributed by atoms with Crippen molar-refractivity contribution in [3.8, 4) is 22.4 Å². The van der Waals surface area contributed by atoms with Crippen molar-refractivity contribution in [1.82, 2.24) is 20.6 Å². The number of anilines is 1. The molecule has 2 amide bonds. The van der Waals surface area contributed by atoms with Gasteiger partial charge in [-0.05, 0) is 42.1 Å². The van der Waals surface area contributed by atoms with Crippen LogP contribution in [0.5, 0.6) is 0 Å². The van der Waals surface area contributed by atoms with Gasteiger partial charge in [-0.2, -0.15) is 0 Å². The van der Waals surface area contributed by atoms with Gasteiger partial charge in [-0.25, -0.2) is 14.2 Å². The van der Waals surface area contributed by atoms with Crippen molar-refractivity contribution in [2.75, 3.05) is 25.6 Å². The molecular formula is C24H24FN5O4S2. The Morgan fingerprint density at radius 1 is 1.25 bits per heavy atom. The number of fused-ring (bicyclic) bond motifs is 1. The van der Waals surface area contributed by atoms with E-state index in [-0.39, 0.29) is 10.6 Å². The number of rotatable bonds is 9. The van der Waals surface area contributed by atoms with E-state index in [0.29, 0.717) is 40.2 Å². The fraction of sp³-hybridized carbons (Fsp3) is 0.250.